The highest BCUT2D eigenvalue weighted by Gasteiger charge is 2.11. The largest absolute Gasteiger partial charge is 0.496 e. The minimum atomic E-state index is -0.0787. The second-order valence-electron chi connectivity index (χ2n) is 4.68. The number of carbonyl (C=O) groups is 1. The maximum absolute atomic E-state index is 11.5. The van der Waals surface area contributed by atoms with Crippen LogP contribution in [-0.4, -0.2) is 31.5 Å². The molecule has 0 atom stereocenters. The summed E-state index contributed by atoms with van der Waals surface area (Å²) in [5.41, 5.74) is 7.56. The molecule has 0 aliphatic heterocycles. The molecule has 100 valence electrons. The van der Waals surface area contributed by atoms with E-state index in [1.165, 1.54) is 5.56 Å². The highest BCUT2D eigenvalue weighted by molar-refractivity contribution is 5.77. The van der Waals surface area contributed by atoms with Gasteiger partial charge in [-0.2, -0.15) is 0 Å². The molecule has 0 saturated heterocycles. The van der Waals surface area contributed by atoms with Gasteiger partial charge >= 0.3 is 0 Å². The molecule has 4 nitrogen and oxygen atoms in total. The molecule has 1 amide bonds. The summed E-state index contributed by atoms with van der Waals surface area (Å²) in [4.78, 5) is 13.1. The van der Waals surface area contributed by atoms with Gasteiger partial charge < -0.3 is 15.4 Å². The van der Waals surface area contributed by atoms with Crippen LogP contribution in [0.15, 0.2) is 18.2 Å². The Morgan fingerprint density at radius 1 is 1.44 bits per heavy atom. The van der Waals surface area contributed by atoms with E-state index >= 15 is 0 Å². The molecule has 0 spiro atoms. The average molecular weight is 250 g/mol. The first-order chi connectivity index (χ1) is 8.49. The molecule has 0 aliphatic carbocycles. The van der Waals surface area contributed by atoms with Crippen molar-refractivity contribution in [2.75, 3.05) is 20.7 Å². The Labute approximate surface area is 109 Å². The zero-order valence-electron chi connectivity index (χ0n) is 11.6. The fourth-order valence-electron chi connectivity index (χ4n) is 1.75. The zero-order valence-corrected chi connectivity index (χ0v) is 11.6. The number of hydrogen-bond acceptors (Lipinski definition) is 3. The third kappa shape index (κ3) is 3.47. The summed E-state index contributed by atoms with van der Waals surface area (Å²) >= 11 is 0. The molecule has 0 aliphatic rings. The van der Waals surface area contributed by atoms with Crippen molar-refractivity contribution >= 4 is 5.91 Å². The van der Waals surface area contributed by atoms with Crippen molar-refractivity contribution in [3.63, 3.8) is 0 Å². The topological polar surface area (TPSA) is 55.6 Å². The standard InChI is InChI=1S/C14H22N2O2/c1-10(2)11-5-6-12(13(7-11)18-4)9-16(3)14(17)8-15/h5-7,10H,8-9,15H2,1-4H3. The van der Waals surface area contributed by atoms with Crippen molar-refractivity contribution < 1.29 is 9.53 Å². The van der Waals surface area contributed by atoms with E-state index in [0.29, 0.717) is 12.5 Å². The lowest BCUT2D eigenvalue weighted by Gasteiger charge is -2.19. The average Bonchev–Trinajstić information content (AvgIpc) is 2.37. The monoisotopic (exact) mass is 250 g/mol. The van der Waals surface area contributed by atoms with Gasteiger partial charge in [-0.05, 0) is 17.5 Å². The van der Waals surface area contributed by atoms with E-state index in [1.807, 2.05) is 12.1 Å². The minimum absolute atomic E-state index is 0.0306. The summed E-state index contributed by atoms with van der Waals surface area (Å²) in [5.74, 6) is 1.19. The molecule has 4 heteroatoms. The Hall–Kier alpha value is -1.55. The highest BCUT2D eigenvalue weighted by Crippen LogP contribution is 2.25. The van der Waals surface area contributed by atoms with Crippen molar-refractivity contribution in [1.82, 2.24) is 4.90 Å². The number of nitrogens with two attached hydrogens (primary N) is 1. The van der Waals surface area contributed by atoms with E-state index in [4.69, 9.17) is 10.5 Å². The van der Waals surface area contributed by atoms with Gasteiger partial charge in [-0.25, -0.2) is 0 Å². The number of rotatable bonds is 5. The predicted octanol–water partition coefficient (Wildman–Crippen LogP) is 1.74. The molecule has 1 aromatic carbocycles. The number of nitrogens with zero attached hydrogens (tertiary/aromatic N) is 1. The zero-order chi connectivity index (χ0) is 13.7. The summed E-state index contributed by atoms with van der Waals surface area (Å²) < 4.78 is 5.38. The van der Waals surface area contributed by atoms with Gasteiger partial charge in [0, 0.05) is 19.2 Å². The van der Waals surface area contributed by atoms with Crippen molar-refractivity contribution in [2.24, 2.45) is 5.73 Å². The summed E-state index contributed by atoms with van der Waals surface area (Å²) in [6.07, 6.45) is 0. The van der Waals surface area contributed by atoms with Crippen LogP contribution in [0.5, 0.6) is 5.75 Å². The first-order valence-electron chi connectivity index (χ1n) is 6.10. The summed E-state index contributed by atoms with van der Waals surface area (Å²) in [6.45, 7) is 4.82. The van der Waals surface area contributed by atoms with Gasteiger partial charge in [0.1, 0.15) is 5.75 Å². The van der Waals surface area contributed by atoms with Gasteiger partial charge in [-0.15, -0.1) is 0 Å². The number of ether oxygens (including phenoxy) is 1. The molecule has 1 aromatic rings. The third-order valence-electron chi connectivity index (χ3n) is 2.99. The van der Waals surface area contributed by atoms with Crippen LogP contribution < -0.4 is 10.5 Å². The fourth-order valence-corrected chi connectivity index (χ4v) is 1.75. The number of benzene rings is 1. The van der Waals surface area contributed by atoms with E-state index < -0.39 is 0 Å². The predicted molar refractivity (Wildman–Crippen MR) is 72.6 cm³/mol. The first kappa shape index (κ1) is 14.5. The second-order valence-corrected chi connectivity index (χ2v) is 4.68. The SMILES string of the molecule is COc1cc(C(C)C)ccc1CN(C)C(=O)CN. The van der Waals surface area contributed by atoms with Crippen LogP contribution in [0.1, 0.15) is 30.9 Å². The van der Waals surface area contributed by atoms with Crippen LogP contribution >= 0.6 is 0 Å². The van der Waals surface area contributed by atoms with Crippen LogP contribution in [0, 0.1) is 0 Å². The van der Waals surface area contributed by atoms with Gasteiger partial charge in [0.05, 0.1) is 13.7 Å². The molecule has 0 saturated carbocycles. The van der Waals surface area contributed by atoms with Crippen LogP contribution in [0.4, 0.5) is 0 Å². The Balaban J connectivity index is 2.92. The Kier molecular flexibility index (Phi) is 5.16. The van der Waals surface area contributed by atoms with Gasteiger partial charge in [0.2, 0.25) is 5.91 Å². The van der Waals surface area contributed by atoms with Crippen LogP contribution in [0.25, 0.3) is 0 Å². The lowest BCUT2D eigenvalue weighted by Crippen LogP contribution is -2.32. The van der Waals surface area contributed by atoms with E-state index in [2.05, 4.69) is 19.9 Å². The lowest BCUT2D eigenvalue weighted by atomic mass is 10.0. The molecule has 2 N–H and O–H groups in total. The molecule has 0 aromatic heterocycles. The maximum Gasteiger partial charge on any atom is 0.236 e. The fraction of sp³-hybridized carbons (Fsp3) is 0.500. The molecular weight excluding hydrogens is 228 g/mol. The van der Waals surface area contributed by atoms with Crippen LogP contribution in [0.2, 0.25) is 0 Å². The third-order valence-corrected chi connectivity index (χ3v) is 2.99. The van der Waals surface area contributed by atoms with E-state index in [0.717, 1.165) is 11.3 Å². The van der Waals surface area contributed by atoms with Gasteiger partial charge in [0.25, 0.3) is 0 Å². The Bertz CT molecular complexity index is 416. The summed E-state index contributed by atoms with van der Waals surface area (Å²) in [7, 11) is 3.39. The number of methoxy groups -OCH3 is 1. The molecule has 0 heterocycles. The quantitative estimate of drug-likeness (QED) is 0.866. The van der Waals surface area contributed by atoms with Crippen LogP contribution in [0.3, 0.4) is 0 Å². The van der Waals surface area contributed by atoms with Crippen molar-refractivity contribution in [1.29, 1.82) is 0 Å². The molecule has 0 radical (unpaired) electrons. The number of amides is 1. The van der Waals surface area contributed by atoms with Gasteiger partial charge in [-0.1, -0.05) is 26.0 Å². The number of carbonyl (C=O) groups excluding carboxylic acids is 1. The van der Waals surface area contributed by atoms with E-state index in [-0.39, 0.29) is 12.5 Å². The molecule has 0 bridgehead atoms. The summed E-state index contributed by atoms with van der Waals surface area (Å²) in [5, 5.41) is 0. The highest BCUT2D eigenvalue weighted by atomic mass is 16.5. The Morgan fingerprint density at radius 2 is 2.11 bits per heavy atom. The first-order valence-corrected chi connectivity index (χ1v) is 6.10. The normalized spacial score (nSPS) is 10.6. The number of likely N-dealkylation sites (N-methyl/N-ethyl adjacent to an activating group) is 1. The van der Waals surface area contributed by atoms with E-state index in [9.17, 15) is 4.79 Å². The Morgan fingerprint density at radius 3 is 2.61 bits per heavy atom. The van der Waals surface area contributed by atoms with Gasteiger partial charge in [-0.3, -0.25) is 4.79 Å². The molecule has 1 rings (SSSR count). The van der Waals surface area contributed by atoms with E-state index in [1.54, 1.807) is 19.1 Å². The lowest BCUT2D eigenvalue weighted by molar-refractivity contribution is -0.128. The van der Waals surface area contributed by atoms with Gasteiger partial charge in [0.15, 0.2) is 0 Å². The van der Waals surface area contributed by atoms with Crippen molar-refractivity contribution in [2.45, 2.75) is 26.3 Å². The molecule has 18 heavy (non-hydrogen) atoms. The smallest absolute Gasteiger partial charge is 0.236 e. The molecular formula is C14H22N2O2. The molecule has 0 fully saturated rings. The molecule has 0 unspecified atom stereocenters. The van der Waals surface area contributed by atoms with Crippen LogP contribution in [-0.2, 0) is 11.3 Å². The number of hydrogen-bond donors (Lipinski definition) is 1. The van der Waals surface area contributed by atoms with Crippen molar-refractivity contribution in [3.05, 3.63) is 29.3 Å². The summed E-state index contributed by atoms with van der Waals surface area (Å²) in [6, 6.07) is 6.11. The van der Waals surface area contributed by atoms with Crippen molar-refractivity contribution in [3.8, 4) is 5.75 Å². The minimum Gasteiger partial charge on any atom is -0.496 e. The second kappa shape index (κ2) is 6.40. The maximum atomic E-state index is 11.5.